The Morgan fingerprint density at radius 2 is 2.25 bits per heavy atom. The van der Waals surface area contributed by atoms with Gasteiger partial charge in [0.15, 0.2) is 0 Å². The van der Waals surface area contributed by atoms with Crippen molar-refractivity contribution >= 4 is 12.0 Å². The standard InChI is InChI=1S/C9H18O2S/c1-4-7-6-11-12-9(3,5-2)8(7)10/h7-8,10H,4-6H2,1-3H3/t7-,8-,9+/m0/s1. The topological polar surface area (TPSA) is 29.5 Å². The van der Waals surface area contributed by atoms with Crippen molar-refractivity contribution in [2.45, 2.75) is 44.5 Å². The van der Waals surface area contributed by atoms with Crippen molar-refractivity contribution in [3.8, 4) is 0 Å². The molecule has 3 atom stereocenters. The number of rotatable bonds is 2. The highest BCUT2D eigenvalue weighted by atomic mass is 32.2. The predicted molar refractivity (Wildman–Crippen MR) is 52.0 cm³/mol. The second-order valence-electron chi connectivity index (χ2n) is 3.65. The fourth-order valence-electron chi connectivity index (χ4n) is 1.50. The summed E-state index contributed by atoms with van der Waals surface area (Å²) in [6.45, 7) is 6.96. The van der Waals surface area contributed by atoms with Gasteiger partial charge in [0.2, 0.25) is 0 Å². The third kappa shape index (κ3) is 1.78. The van der Waals surface area contributed by atoms with Crippen molar-refractivity contribution < 1.29 is 9.29 Å². The van der Waals surface area contributed by atoms with Crippen LogP contribution in [0.3, 0.4) is 0 Å². The highest BCUT2D eigenvalue weighted by molar-refractivity contribution is 7.96. The van der Waals surface area contributed by atoms with E-state index in [1.54, 1.807) is 0 Å². The summed E-state index contributed by atoms with van der Waals surface area (Å²) in [6.07, 6.45) is 1.73. The summed E-state index contributed by atoms with van der Waals surface area (Å²) in [5.74, 6) is 0.316. The zero-order chi connectivity index (χ0) is 9.19. The van der Waals surface area contributed by atoms with Gasteiger partial charge in [-0.25, -0.2) is 0 Å². The molecule has 3 heteroatoms. The molecule has 1 rings (SSSR count). The molecule has 0 spiro atoms. The van der Waals surface area contributed by atoms with Crippen LogP contribution in [0, 0.1) is 5.92 Å². The molecule has 1 N–H and O–H groups in total. The van der Waals surface area contributed by atoms with E-state index in [2.05, 4.69) is 20.8 Å². The minimum atomic E-state index is -0.216. The van der Waals surface area contributed by atoms with Crippen molar-refractivity contribution in [2.75, 3.05) is 6.61 Å². The van der Waals surface area contributed by atoms with Crippen LogP contribution in [0.25, 0.3) is 0 Å². The quantitative estimate of drug-likeness (QED) is 0.677. The summed E-state index contributed by atoms with van der Waals surface area (Å²) >= 11 is 1.44. The van der Waals surface area contributed by atoms with Crippen molar-refractivity contribution in [1.29, 1.82) is 0 Å². The highest BCUT2D eigenvalue weighted by Gasteiger charge is 2.41. The molecule has 1 heterocycles. The molecule has 1 fully saturated rings. The lowest BCUT2D eigenvalue weighted by atomic mass is 9.88. The van der Waals surface area contributed by atoms with Crippen LogP contribution in [0.2, 0.25) is 0 Å². The van der Waals surface area contributed by atoms with Crippen molar-refractivity contribution in [3.05, 3.63) is 0 Å². The van der Waals surface area contributed by atoms with E-state index in [0.717, 1.165) is 12.8 Å². The van der Waals surface area contributed by atoms with Crippen LogP contribution in [-0.2, 0) is 4.18 Å². The molecule has 0 bridgehead atoms. The van der Waals surface area contributed by atoms with E-state index in [0.29, 0.717) is 12.5 Å². The van der Waals surface area contributed by atoms with Gasteiger partial charge < -0.3 is 9.29 Å². The monoisotopic (exact) mass is 190 g/mol. The fraction of sp³-hybridized carbons (Fsp3) is 1.00. The molecule has 12 heavy (non-hydrogen) atoms. The highest BCUT2D eigenvalue weighted by Crippen LogP contribution is 2.41. The van der Waals surface area contributed by atoms with Gasteiger partial charge in [-0.2, -0.15) is 0 Å². The number of aliphatic hydroxyl groups is 1. The van der Waals surface area contributed by atoms with Gasteiger partial charge in [0, 0.05) is 18.0 Å². The van der Waals surface area contributed by atoms with Crippen LogP contribution in [0.5, 0.6) is 0 Å². The molecule has 0 unspecified atom stereocenters. The maximum absolute atomic E-state index is 9.99. The smallest absolute Gasteiger partial charge is 0.0756 e. The fourth-order valence-corrected chi connectivity index (χ4v) is 2.43. The molecule has 0 aromatic rings. The Morgan fingerprint density at radius 1 is 1.58 bits per heavy atom. The Balaban J connectivity index is 2.65. The minimum Gasteiger partial charge on any atom is -0.391 e. The Hall–Kier alpha value is 0.270. The van der Waals surface area contributed by atoms with Gasteiger partial charge in [-0.3, -0.25) is 0 Å². The predicted octanol–water partition coefficient (Wildman–Crippen LogP) is 2.22. The van der Waals surface area contributed by atoms with Gasteiger partial charge in [-0.05, 0) is 19.8 Å². The average molecular weight is 190 g/mol. The summed E-state index contributed by atoms with van der Waals surface area (Å²) in [5.41, 5.74) is 0. The van der Waals surface area contributed by atoms with Gasteiger partial charge in [0.25, 0.3) is 0 Å². The van der Waals surface area contributed by atoms with E-state index in [1.165, 1.54) is 12.0 Å². The normalized spacial score (nSPS) is 43.0. The van der Waals surface area contributed by atoms with Gasteiger partial charge in [-0.15, -0.1) is 0 Å². The van der Waals surface area contributed by atoms with Crippen LogP contribution in [0.1, 0.15) is 33.6 Å². The molecule has 1 aliphatic rings. The second-order valence-corrected chi connectivity index (χ2v) is 4.98. The first-order chi connectivity index (χ1) is 5.64. The van der Waals surface area contributed by atoms with E-state index in [9.17, 15) is 5.11 Å². The average Bonchev–Trinajstić information content (AvgIpc) is 2.10. The van der Waals surface area contributed by atoms with Gasteiger partial charge in [-0.1, -0.05) is 13.8 Å². The number of hydrogen-bond donors (Lipinski definition) is 1. The summed E-state index contributed by atoms with van der Waals surface area (Å²) in [4.78, 5) is 0. The van der Waals surface area contributed by atoms with Crippen LogP contribution in [0.15, 0.2) is 0 Å². The molecule has 1 saturated heterocycles. The third-order valence-corrected chi connectivity index (χ3v) is 3.99. The van der Waals surface area contributed by atoms with Crippen LogP contribution >= 0.6 is 12.0 Å². The van der Waals surface area contributed by atoms with Crippen LogP contribution < -0.4 is 0 Å². The maximum atomic E-state index is 9.99. The van der Waals surface area contributed by atoms with E-state index in [-0.39, 0.29) is 10.9 Å². The minimum absolute atomic E-state index is 0.0983. The molecule has 0 amide bonds. The molecule has 0 radical (unpaired) electrons. The first-order valence-electron chi connectivity index (χ1n) is 4.62. The van der Waals surface area contributed by atoms with Gasteiger partial charge in [0.1, 0.15) is 0 Å². The van der Waals surface area contributed by atoms with Crippen molar-refractivity contribution in [1.82, 2.24) is 0 Å². The Morgan fingerprint density at radius 3 is 2.75 bits per heavy atom. The first kappa shape index (κ1) is 10.4. The van der Waals surface area contributed by atoms with Crippen molar-refractivity contribution in [2.24, 2.45) is 5.92 Å². The molecular weight excluding hydrogens is 172 g/mol. The summed E-state index contributed by atoms with van der Waals surface area (Å²) in [5, 5.41) is 9.99. The molecule has 0 aliphatic carbocycles. The van der Waals surface area contributed by atoms with E-state index in [1.807, 2.05) is 0 Å². The Labute approximate surface area is 78.9 Å². The molecule has 72 valence electrons. The van der Waals surface area contributed by atoms with E-state index in [4.69, 9.17) is 4.18 Å². The van der Waals surface area contributed by atoms with Crippen LogP contribution in [-0.4, -0.2) is 22.6 Å². The van der Waals surface area contributed by atoms with Crippen LogP contribution in [0.4, 0.5) is 0 Å². The molecule has 2 nitrogen and oxygen atoms in total. The Kier molecular flexibility index (Phi) is 3.44. The lowest BCUT2D eigenvalue weighted by molar-refractivity contribution is 0.0280. The summed E-state index contributed by atoms with van der Waals surface area (Å²) < 4.78 is 5.31. The zero-order valence-electron chi connectivity index (χ0n) is 8.04. The largest absolute Gasteiger partial charge is 0.391 e. The first-order valence-corrected chi connectivity index (χ1v) is 5.37. The van der Waals surface area contributed by atoms with E-state index < -0.39 is 0 Å². The molecule has 0 aromatic heterocycles. The summed E-state index contributed by atoms with van der Waals surface area (Å²) in [6, 6.07) is 0. The van der Waals surface area contributed by atoms with Crippen molar-refractivity contribution in [3.63, 3.8) is 0 Å². The SMILES string of the molecule is CC[C@H]1COS[C@](C)(CC)[C@H]1O. The summed E-state index contributed by atoms with van der Waals surface area (Å²) in [7, 11) is 0. The molecule has 1 aliphatic heterocycles. The molecule has 0 aromatic carbocycles. The third-order valence-electron chi connectivity index (χ3n) is 2.83. The lowest BCUT2D eigenvalue weighted by Crippen LogP contribution is -2.46. The van der Waals surface area contributed by atoms with E-state index >= 15 is 0 Å². The zero-order valence-corrected chi connectivity index (χ0v) is 8.86. The van der Waals surface area contributed by atoms with Gasteiger partial charge in [0.05, 0.1) is 17.5 Å². The second kappa shape index (κ2) is 3.99. The number of aliphatic hydroxyl groups excluding tert-OH is 1. The molecular formula is C9H18O2S. The van der Waals surface area contributed by atoms with Gasteiger partial charge >= 0.3 is 0 Å². The molecule has 0 saturated carbocycles. The lowest BCUT2D eigenvalue weighted by Gasteiger charge is -2.40. The number of hydrogen-bond acceptors (Lipinski definition) is 3. The maximum Gasteiger partial charge on any atom is 0.0756 e. The Bertz CT molecular complexity index is 151.